The number of anilines is 6. The molecule has 0 bridgehead atoms. The summed E-state index contributed by atoms with van der Waals surface area (Å²) >= 11 is 0. The van der Waals surface area contributed by atoms with E-state index in [2.05, 4.69) is 102 Å². The molecular formula is C45H60N12. The molecular weight excluding hydrogens is 709 g/mol. The molecule has 12 heteroatoms. The minimum Gasteiger partial charge on any atom is -0.326 e. The number of benzene rings is 3. The first-order valence-corrected chi connectivity index (χ1v) is 19.4. The predicted octanol–water partition coefficient (Wildman–Crippen LogP) is 7.25. The van der Waals surface area contributed by atoms with Gasteiger partial charge in [-0.3, -0.25) is 15.0 Å². The Balaban J connectivity index is 0.000000189. The van der Waals surface area contributed by atoms with E-state index in [0.717, 1.165) is 88.1 Å². The van der Waals surface area contributed by atoms with Gasteiger partial charge in [-0.05, 0) is 77.9 Å². The van der Waals surface area contributed by atoms with Gasteiger partial charge in [0.15, 0.2) is 0 Å². The summed E-state index contributed by atoms with van der Waals surface area (Å²) in [5.74, 6) is 5.66. The van der Waals surface area contributed by atoms with Gasteiger partial charge in [0.05, 0.1) is 0 Å². The molecule has 0 amide bonds. The fraction of sp³-hybridized carbons (Fsp3) is 0.333. The van der Waals surface area contributed by atoms with E-state index in [4.69, 9.17) is 0 Å². The maximum atomic E-state index is 4.66. The third kappa shape index (κ3) is 10.9. The fourth-order valence-electron chi connectivity index (χ4n) is 6.27. The number of aromatic nitrogens is 6. The molecule has 6 rings (SSSR count). The zero-order valence-corrected chi connectivity index (χ0v) is 35.9. The standard InChI is InChI=1S/3C15H20N4/c3*1-5-19(13-9-7-6-8-10-13)15-11-14(16-3)18(4)12(2)17-15/h3*6-11H,5H2,1-4H3. The van der Waals surface area contributed by atoms with Crippen LogP contribution in [0.15, 0.2) is 124 Å². The van der Waals surface area contributed by atoms with Crippen LogP contribution in [0.25, 0.3) is 0 Å². The van der Waals surface area contributed by atoms with Gasteiger partial charge in [-0.2, -0.15) is 0 Å². The van der Waals surface area contributed by atoms with Crippen LogP contribution in [0.1, 0.15) is 38.2 Å². The van der Waals surface area contributed by atoms with E-state index in [1.165, 1.54) is 0 Å². The number of aryl methyl sites for hydroxylation is 3. The molecule has 0 N–H and O–H groups in total. The lowest BCUT2D eigenvalue weighted by Crippen LogP contribution is -2.26. The second-order valence-corrected chi connectivity index (χ2v) is 13.1. The number of hydrogen-bond acceptors (Lipinski definition) is 9. The molecule has 57 heavy (non-hydrogen) atoms. The molecule has 3 heterocycles. The van der Waals surface area contributed by atoms with Crippen LogP contribution >= 0.6 is 0 Å². The third-order valence-corrected chi connectivity index (χ3v) is 9.76. The highest BCUT2D eigenvalue weighted by molar-refractivity contribution is 5.61. The smallest absolute Gasteiger partial charge is 0.138 e. The zero-order valence-electron chi connectivity index (χ0n) is 35.9. The van der Waals surface area contributed by atoms with Crippen molar-refractivity contribution in [1.29, 1.82) is 0 Å². The molecule has 0 saturated carbocycles. The van der Waals surface area contributed by atoms with Crippen molar-refractivity contribution in [2.45, 2.75) is 41.5 Å². The van der Waals surface area contributed by atoms with Gasteiger partial charge in [0.25, 0.3) is 0 Å². The summed E-state index contributed by atoms with van der Waals surface area (Å²) in [6.07, 6.45) is 0. The molecule has 0 aliphatic rings. The normalized spacial score (nSPS) is 11.7. The predicted molar refractivity (Wildman–Crippen MR) is 236 cm³/mol. The molecule has 300 valence electrons. The average Bonchev–Trinajstić information content (AvgIpc) is 3.24. The maximum Gasteiger partial charge on any atom is 0.138 e. The first-order valence-electron chi connectivity index (χ1n) is 19.4. The van der Waals surface area contributed by atoms with Crippen LogP contribution in [-0.2, 0) is 21.1 Å². The lowest BCUT2D eigenvalue weighted by molar-refractivity contribution is 0.747. The van der Waals surface area contributed by atoms with Crippen molar-refractivity contribution in [2.75, 3.05) is 55.5 Å². The Morgan fingerprint density at radius 3 is 0.842 bits per heavy atom. The maximum absolute atomic E-state index is 4.66. The lowest BCUT2D eigenvalue weighted by atomic mass is 10.3. The highest BCUT2D eigenvalue weighted by Crippen LogP contribution is 2.24. The first kappa shape index (κ1) is 43.4. The van der Waals surface area contributed by atoms with Crippen molar-refractivity contribution in [1.82, 2.24) is 28.7 Å². The van der Waals surface area contributed by atoms with E-state index < -0.39 is 0 Å². The highest BCUT2D eigenvalue weighted by Gasteiger charge is 2.12. The first-order chi connectivity index (χ1) is 27.5. The van der Waals surface area contributed by atoms with Gasteiger partial charge >= 0.3 is 0 Å². The summed E-state index contributed by atoms with van der Waals surface area (Å²) in [5, 5.41) is 0. The van der Waals surface area contributed by atoms with Gasteiger partial charge in [0.1, 0.15) is 51.4 Å². The molecule has 3 aromatic heterocycles. The Kier molecular flexibility index (Phi) is 16.1. The van der Waals surface area contributed by atoms with Crippen molar-refractivity contribution in [3.63, 3.8) is 0 Å². The Hall–Kier alpha value is -6.30. The van der Waals surface area contributed by atoms with Crippen LogP contribution < -0.4 is 31.2 Å². The molecule has 0 spiro atoms. The summed E-state index contributed by atoms with van der Waals surface area (Å²) in [7, 11) is 11.3. The van der Waals surface area contributed by atoms with Crippen molar-refractivity contribution in [3.8, 4) is 0 Å². The molecule has 6 aromatic rings. The van der Waals surface area contributed by atoms with Crippen LogP contribution in [0.3, 0.4) is 0 Å². The van der Waals surface area contributed by atoms with Crippen LogP contribution in [0.5, 0.6) is 0 Å². The Labute approximate surface area is 338 Å². The van der Waals surface area contributed by atoms with Gasteiger partial charge in [0, 0.05) is 97.2 Å². The average molecular weight is 769 g/mol. The Morgan fingerprint density at radius 1 is 0.421 bits per heavy atom. The van der Waals surface area contributed by atoms with E-state index in [9.17, 15) is 0 Å². The molecule has 0 aliphatic heterocycles. The van der Waals surface area contributed by atoms with E-state index >= 15 is 0 Å². The van der Waals surface area contributed by atoms with Crippen LogP contribution in [0, 0.1) is 20.8 Å². The minimum absolute atomic E-state index is 0.868. The fourth-order valence-corrected chi connectivity index (χ4v) is 6.27. The highest BCUT2D eigenvalue weighted by atomic mass is 15.2. The van der Waals surface area contributed by atoms with Crippen molar-refractivity contribution >= 4 is 34.5 Å². The molecule has 3 aromatic carbocycles. The van der Waals surface area contributed by atoms with Crippen molar-refractivity contribution in [3.05, 3.63) is 143 Å². The van der Waals surface area contributed by atoms with Gasteiger partial charge in [0.2, 0.25) is 0 Å². The molecule has 0 fully saturated rings. The van der Waals surface area contributed by atoms with Crippen LogP contribution in [0.2, 0.25) is 0 Å². The van der Waals surface area contributed by atoms with Crippen LogP contribution in [-0.4, -0.2) is 69.4 Å². The topological polar surface area (TPSA) is 100 Å². The Morgan fingerprint density at radius 2 is 0.649 bits per heavy atom. The third-order valence-electron chi connectivity index (χ3n) is 9.76. The van der Waals surface area contributed by atoms with Crippen molar-refractivity contribution < 1.29 is 0 Å². The SMILES string of the molecule is CCN(c1ccccc1)c1cc(=NC)n(C)c(C)n1.CCN(c1ccccc1)c1cc(=NC)n(C)c(C)n1.CCN(c1ccccc1)c1cc(=NC)n(C)c(C)n1. The zero-order chi connectivity index (χ0) is 41.5. The number of rotatable bonds is 9. The molecule has 0 aliphatic carbocycles. The molecule has 0 unspecified atom stereocenters. The van der Waals surface area contributed by atoms with Gasteiger partial charge in [-0.15, -0.1) is 0 Å². The Bertz CT molecular complexity index is 2110. The second kappa shape index (κ2) is 21.1. The number of hydrogen-bond donors (Lipinski definition) is 0. The summed E-state index contributed by atoms with van der Waals surface area (Å²) in [6, 6.07) is 36.9. The molecule has 0 saturated heterocycles. The second-order valence-electron chi connectivity index (χ2n) is 13.1. The molecule has 12 nitrogen and oxygen atoms in total. The van der Waals surface area contributed by atoms with Gasteiger partial charge < -0.3 is 28.4 Å². The summed E-state index contributed by atoms with van der Waals surface area (Å²) in [5.41, 5.74) is 6.22. The van der Waals surface area contributed by atoms with E-state index in [1.54, 1.807) is 21.1 Å². The summed E-state index contributed by atoms with van der Waals surface area (Å²) in [6.45, 7) is 15.0. The number of para-hydroxylation sites is 3. The quantitative estimate of drug-likeness (QED) is 0.154. The van der Waals surface area contributed by atoms with E-state index in [-0.39, 0.29) is 0 Å². The van der Waals surface area contributed by atoms with Gasteiger partial charge in [-0.1, -0.05) is 54.6 Å². The summed E-state index contributed by atoms with van der Waals surface area (Å²) in [4.78, 5) is 33.4. The van der Waals surface area contributed by atoms with Crippen molar-refractivity contribution in [2.24, 2.45) is 36.1 Å². The number of nitrogens with zero attached hydrogens (tertiary/aromatic N) is 12. The van der Waals surface area contributed by atoms with E-state index in [0.29, 0.717) is 0 Å². The molecule has 0 atom stereocenters. The minimum atomic E-state index is 0.868. The monoisotopic (exact) mass is 769 g/mol. The van der Waals surface area contributed by atoms with E-state index in [1.807, 2.05) is 128 Å². The van der Waals surface area contributed by atoms with Crippen LogP contribution in [0.4, 0.5) is 34.5 Å². The largest absolute Gasteiger partial charge is 0.326 e. The summed E-state index contributed by atoms with van der Waals surface area (Å²) < 4.78 is 5.97. The van der Waals surface area contributed by atoms with Gasteiger partial charge in [-0.25, -0.2) is 15.0 Å². The molecule has 0 radical (unpaired) electrons. The lowest BCUT2D eigenvalue weighted by Gasteiger charge is -2.23.